The number of carboxylic acid groups (broad SMARTS) is 1. The third-order valence-corrected chi connectivity index (χ3v) is 5.08. The van der Waals surface area contributed by atoms with E-state index in [0.717, 1.165) is 6.26 Å². The summed E-state index contributed by atoms with van der Waals surface area (Å²) < 4.78 is 38.8. The molecule has 0 aliphatic carbocycles. The maximum atomic E-state index is 13.7. The number of nitrogens with one attached hydrogen (secondary N) is 1. The number of hydrogen-bond donors (Lipinski definition) is 2. The van der Waals surface area contributed by atoms with Crippen LogP contribution in [0.4, 0.5) is 10.1 Å². The van der Waals surface area contributed by atoms with Crippen LogP contribution in [-0.2, 0) is 19.6 Å². The van der Waals surface area contributed by atoms with Crippen LogP contribution < -0.4 is 4.72 Å². The number of rotatable bonds is 7. The minimum atomic E-state index is -3.41. The minimum absolute atomic E-state index is 0.227. The Labute approximate surface area is 173 Å². The topological polar surface area (TPSA) is 116 Å². The van der Waals surface area contributed by atoms with Crippen molar-refractivity contribution in [2.75, 3.05) is 11.0 Å². The summed E-state index contributed by atoms with van der Waals surface area (Å²) in [5, 5.41) is 14.4. The molecule has 2 aromatic carbocycles. The molecule has 158 valence electrons. The van der Waals surface area contributed by atoms with E-state index in [4.69, 9.17) is 5.11 Å². The molecule has 3 rings (SSSR count). The first-order valence-corrected chi connectivity index (χ1v) is 11.0. The van der Waals surface area contributed by atoms with Crippen molar-refractivity contribution >= 4 is 33.3 Å². The van der Waals surface area contributed by atoms with Crippen molar-refractivity contribution in [1.82, 2.24) is 5.01 Å². The van der Waals surface area contributed by atoms with Gasteiger partial charge in [-0.3, -0.25) is 14.3 Å². The molecule has 2 N–H and O–H groups in total. The van der Waals surface area contributed by atoms with Gasteiger partial charge in [0.05, 0.1) is 24.4 Å². The van der Waals surface area contributed by atoms with Crippen LogP contribution in [0.25, 0.3) is 0 Å². The number of benzene rings is 2. The molecule has 0 unspecified atom stereocenters. The molecule has 1 aliphatic rings. The number of carbonyl (C=O) groups is 2. The number of amides is 1. The predicted octanol–water partition coefficient (Wildman–Crippen LogP) is 2.74. The van der Waals surface area contributed by atoms with Gasteiger partial charge < -0.3 is 5.11 Å². The Morgan fingerprint density at radius 1 is 1.20 bits per heavy atom. The zero-order chi connectivity index (χ0) is 21.9. The number of nitrogens with zero attached hydrogens (tertiary/aromatic N) is 2. The highest BCUT2D eigenvalue weighted by Crippen LogP contribution is 2.34. The van der Waals surface area contributed by atoms with Gasteiger partial charge in [-0.05, 0) is 35.4 Å². The van der Waals surface area contributed by atoms with Crippen molar-refractivity contribution in [1.29, 1.82) is 0 Å². The Kier molecular flexibility index (Phi) is 6.16. The second-order valence-electron chi connectivity index (χ2n) is 6.91. The third-order valence-electron chi connectivity index (χ3n) is 4.47. The number of carboxylic acids is 1. The summed E-state index contributed by atoms with van der Waals surface area (Å²) >= 11 is 0. The Morgan fingerprint density at radius 3 is 2.50 bits per heavy atom. The number of anilines is 1. The third kappa shape index (κ3) is 5.41. The Bertz CT molecular complexity index is 1100. The van der Waals surface area contributed by atoms with E-state index in [1.54, 1.807) is 30.3 Å². The standard InChI is InChI=1S/C20H20FN3O5S/c1-30(28,29)23-16-7-5-13(6-8-16)17-12-18(14-3-2-4-15(21)11-14)24(22-17)19(25)9-10-20(26)27/h2-8,11,18,23H,9-10,12H2,1H3,(H,26,27)/t18-/m0/s1. The van der Waals surface area contributed by atoms with E-state index in [2.05, 4.69) is 9.82 Å². The van der Waals surface area contributed by atoms with Gasteiger partial charge in [0.15, 0.2) is 0 Å². The van der Waals surface area contributed by atoms with Crippen molar-refractivity contribution in [3.63, 3.8) is 0 Å². The van der Waals surface area contributed by atoms with Crippen LogP contribution in [0, 0.1) is 5.82 Å². The lowest BCUT2D eigenvalue weighted by molar-refractivity contribution is -0.141. The van der Waals surface area contributed by atoms with E-state index in [-0.39, 0.29) is 12.8 Å². The molecule has 0 radical (unpaired) electrons. The van der Waals surface area contributed by atoms with E-state index in [0.29, 0.717) is 28.9 Å². The van der Waals surface area contributed by atoms with E-state index >= 15 is 0 Å². The first-order chi connectivity index (χ1) is 14.1. The number of aliphatic carboxylic acids is 1. The van der Waals surface area contributed by atoms with Gasteiger partial charge in [-0.1, -0.05) is 24.3 Å². The predicted molar refractivity (Wildman–Crippen MR) is 109 cm³/mol. The molecule has 0 spiro atoms. The smallest absolute Gasteiger partial charge is 0.303 e. The lowest BCUT2D eigenvalue weighted by Gasteiger charge is -2.21. The van der Waals surface area contributed by atoms with Gasteiger partial charge in [0.2, 0.25) is 15.9 Å². The summed E-state index contributed by atoms with van der Waals surface area (Å²) in [5.74, 6) is -2.02. The average molecular weight is 433 g/mol. The largest absolute Gasteiger partial charge is 0.481 e. The van der Waals surface area contributed by atoms with Crippen molar-refractivity contribution in [2.24, 2.45) is 5.10 Å². The minimum Gasteiger partial charge on any atom is -0.481 e. The molecule has 0 bridgehead atoms. The molecular formula is C20H20FN3O5S. The van der Waals surface area contributed by atoms with Crippen LogP contribution in [0.1, 0.15) is 36.4 Å². The van der Waals surface area contributed by atoms with Crippen LogP contribution >= 0.6 is 0 Å². The molecule has 8 nitrogen and oxygen atoms in total. The fourth-order valence-corrected chi connectivity index (χ4v) is 3.73. The first kappa shape index (κ1) is 21.4. The van der Waals surface area contributed by atoms with Gasteiger partial charge in [0.1, 0.15) is 5.82 Å². The summed E-state index contributed by atoms with van der Waals surface area (Å²) in [7, 11) is -3.41. The van der Waals surface area contributed by atoms with Gasteiger partial charge in [-0.15, -0.1) is 0 Å². The first-order valence-electron chi connectivity index (χ1n) is 9.07. The molecule has 0 aromatic heterocycles. The number of hydrazone groups is 1. The van der Waals surface area contributed by atoms with Crippen molar-refractivity contribution in [2.45, 2.75) is 25.3 Å². The Hall–Kier alpha value is -3.27. The zero-order valence-corrected chi connectivity index (χ0v) is 16.9. The Morgan fingerprint density at radius 2 is 1.90 bits per heavy atom. The van der Waals surface area contributed by atoms with E-state index < -0.39 is 33.8 Å². The molecule has 0 fully saturated rings. The van der Waals surface area contributed by atoms with Gasteiger partial charge >= 0.3 is 5.97 Å². The molecule has 1 amide bonds. The SMILES string of the molecule is CS(=O)(=O)Nc1ccc(C2=NN(C(=O)CCC(=O)O)[C@H](c3cccc(F)c3)C2)cc1. The summed E-state index contributed by atoms with van der Waals surface area (Å²) in [6.07, 6.45) is 0.796. The molecule has 0 saturated carbocycles. The molecule has 1 heterocycles. The highest BCUT2D eigenvalue weighted by molar-refractivity contribution is 7.92. The lowest BCUT2D eigenvalue weighted by Crippen LogP contribution is -2.27. The quantitative estimate of drug-likeness (QED) is 0.697. The van der Waals surface area contributed by atoms with Crippen molar-refractivity contribution < 1.29 is 27.5 Å². The summed E-state index contributed by atoms with van der Waals surface area (Å²) in [6, 6.07) is 11.8. The summed E-state index contributed by atoms with van der Waals surface area (Å²) in [6.45, 7) is 0. The normalized spacial score (nSPS) is 16.3. The maximum absolute atomic E-state index is 13.7. The molecule has 1 atom stereocenters. The summed E-state index contributed by atoms with van der Waals surface area (Å²) in [5.41, 5.74) is 2.16. The molecule has 0 saturated heterocycles. The van der Waals surface area contributed by atoms with Crippen LogP contribution in [-0.4, -0.2) is 42.4 Å². The molecule has 1 aliphatic heterocycles. The number of halogens is 1. The maximum Gasteiger partial charge on any atom is 0.303 e. The highest BCUT2D eigenvalue weighted by atomic mass is 32.2. The fraction of sp³-hybridized carbons (Fsp3) is 0.250. The van der Waals surface area contributed by atoms with Crippen LogP contribution in [0.5, 0.6) is 0 Å². The zero-order valence-electron chi connectivity index (χ0n) is 16.1. The summed E-state index contributed by atoms with van der Waals surface area (Å²) in [4.78, 5) is 23.4. The molecule has 10 heteroatoms. The second kappa shape index (κ2) is 8.62. The Balaban J connectivity index is 1.88. The molecule has 30 heavy (non-hydrogen) atoms. The van der Waals surface area contributed by atoms with Gasteiger partial charge in [-0.2, -0.15) is 5.10 Å². The monoisotopic (exact) mass is 433 g/mol. The van der Waals surface area contributed by atoms with E-state index in [1.807, 2.05) is 0 Å². The number of carbonyl (C=O) groups excluding carboxylic acids is 1. The van der Waals surface area contributed by atoms with Gasteiger partial charge in [0.25, 0.3) is 0 Å². The highest BCUT2D eigenvalue weighted by Gasteiger charge is 2.33. The second-order valence-corrected chi connectivity index (χ2v) is 8.65. The van der Waals surface area contributed by atoms with Crippen LogP contribution in [0.3, 0.4) is 0 Å². The van der Waals surface area contributed by atoms with Crippen LogP contribution in [0.15, 0.2) is 53.6 Å². The fourth-order valence-electron chi connectivity index (χ4n) is 3.16. The molecular weight excluding hydrogens is 413 g/mol. The average Bonchev–Trinajstić information content (AvgIpc) is 3.11. The molecule has 2 aromatic rings. The van der Waals surface area contributed by atoms with Crippen LogP contribution in [0.2, 0.25) is 0 Å². The van der Waals surface area contributed by atoms with Gasteiger partial charge in [-0.25, -0.2) is 17.8 Å². The van der Waals surface area contributed by atoms with Gasteiger partial charge in [0, 0.05) is 18.5 Å². The number of sulfonamides is 1. The van der Waals surface area contributed by atoms with E-state index in [1.165, 1.54) is 23.2 Å². The lowest BCUT2D eigenvalue weighted by atomic mass is 9.98. The van der Waals surface area contributed by atoms with E-state index in [9.17, 15) is 22.4 Å². The van der Waals surface area contributed by atoms with Crippen molar-refractivity contribution in [3.8, 4) is 0 Å². The number of hydrogen-bond acceptors (Lipinski definition) is 5. The van der Waals surface area contributed by atoms with Crippen molar-refractivity contribution in [3.05, 3.63) is 65.5 Å².